The summed E-state index contributed by atoms with van der Waals surface area (Å²) >= 11 is 0. The number of amides is 2. The third-order valence-corrected chi connectivity index (χ3v) is 4.33. The number of hydrogen-bond acceptors (Lipinski definition) is 5. The lowest BCUT2D eigenvalue weighted by molar-refractivity contribution is 0.0919. The molecule has 3 N–H and O–H groups in total. The van der Waals surface area contributed by atoms with Crippen molar-refractivity contribution in [2.75, 3.05) is 13.2 Å². The van der Waals surface area contributed by atoms with Gasteiger partial charge in [0.15, 0.2) is 5.76 Å². The van der Waals surface area contributed by atoms with Gasteiger partial charge < -0.3 is 14.5 Å². The lowest BCUT2D eigenvalue weighted by atomic mass is 10.1. The summed E-state index contributed by atoms with van der Waals surface area (Å²) in [6.45, 7) is 7.07. The number of rotatable bonds is 10. The molecule has 7 heteroatoms. The van der Waals surface area contributed by atoms with Crippen LogP contribution in [0, 0.1) is 0 Å². The zero-order valence-corrected chi connectivity index (χ0v) is 16.9. The summed E-state index contributed by atoms with van der Waals surface area (Å²) in [6, 6.07) is 14.1. The van der Waals surface area contributed by atoms with E-state index in [4.69, 9.17) is 9.15 Å². The van der Waals surface area contributed by atoms with Crippen LogP contribution in [0.15, 0.2) is 65.6 Å². The Balaban J connectivity index is 1.57. The summed E-state index contributed by atoms with van der Waals surface area (Å²) in [4.78, 5) is 24.4. The van der Waals surface area contributed by atoms with Gasteiger partial charge in [-0.05, 0) is 48.4 Å². The molecule has 0 unspecified atom stereocenters. The molecule has 0 aliphatic carbocycles. The molecule has 2 aromatic carbocycles. The normalized spacial score (nSPS) is 10.6. The third-order valence-electron chi connectivity index (χ3n) is 4.33. The molecule has 0 bridgehead atoms. The highest BCUT2D eigenvalue weighted by molar-refractivity contribution is 5.96. The number of carbonyl (C=O) groups is 2. The van der Waals surface area contributed by atoms with Crippen LogP contribution in [-0.4, -0.2) is 25.0 Å². The van der Waals surface area contributed by atoms with E-state index < -0.39 is 0 Å². The fourth-order valence-corrected chi connectivity index (χ4v) is 2.76. The molecule has 0 spiro atoms. The number of furan rings is 1. The van der Waals surface area contributed by atoms with Crippen LogP contribution < -0.4 is 20.9 Å². The van der Waals surface area contributed by atoms with Crippen LogP contribution in [0.3, 0.4) is 0 Å². The van der Waals surface area contributed by atoms with E-state index in [2.05, 4.69) is 22.7 Å². The molecule has 1 heterocycles. The minimum atomic E-state index is -0.314. The van der Waals surface area contributed by atoms with E-state index in [1.165, 1.54) is 0 Å². The molecule has 0 radical (unpaired) electrons. The number of fused-ring (bicyclic) bond motifs is 1. The van der Waals surface area contributed by atoms with Crippen molar-refractivity contribution in [1.29, 1.82) is 0 Å². The lowest BCUT2D eigenvalue weighted by Gasteiger charge is -2.07. The summed E-state index contributed by atoms with van der Waals surface area (Å²) in [6.07, 6.45) is 2.59. The number of carbonyl (C=O) groups excluding carboxylic acids is 2. The molecule has 156 valence electrons. The Morgan fingerprint density at radius 1 is 1.10 bits per heavy atom. The van der Waals surface area contributed by atoms with Crippen LogP contribution in [0.5, 0.6) is 5.75 Å². The smallest absolute Gasteiger partial charge is 0.287 e. The van der Waals surface area contributed by atoms with Crippen molar-refractivity contribution in [3.8, 4) is 5.75 Å². The summed E-state index contributed by atoms with van der Waals surface area (Å²) in [5, 5.41) is 3.61. The molecule has 0 aliphatic rings. The largest absolute Gasteiger partial charge is 0.490 e. The second kappa shape index (κ2) is 10.3. The summed E-state index contributed by atoms with van der Waals surface area (Å²) in [5.74, 6) is 0.399. The monoisotopic (exact) mass is 407 g/mol. The van der Waals surface area contributed by atoms with Crippen LogP contribution in [0.25, 0.3) is 11.0 Å². The van der Waals surface area contributed by atoms with Gasteiger partial charge >= 0.3 is 0 Å². The Morgan fingerprint density at radius 3 is 2.63 bits per heavy atom. The van der Waals surface area contributed by atoms with Crippen molar-refractivity contribution in [2.45, 2.75) is 19.9 Å². The number of hydrogen-bond donors (Lipinski definition) is 3. The minimum absolute atomic E-state index is 0.197. The predicted molar refractivity (Wildman–Crippen MR) is 115 cm³/mol. The Bertz CT molecular complexity index is 1020. The average Bonchev–Trinajstić information content (AvgIpc) is 3.20. The topological polar surface area (TPSA) is 92.6 Å². The van der Waals surface area contributed by atoms with E-state index in [1.54, 1.807) is 48.5 Å². The van der Waals surface area contributed by atoms with Gasteiger partial charge in [-0.3, -0.25) is 15.0 Å². The van der Waals surface area contributed by atoms with Crippen LogP contribution in [-0.2, 0) is 6.54 Å². The summed E-state index contributed by atoms with van der Waals surface area (Å²) in [5.41, 5.74) is 7.51. The highest BCUT2D eigenvalue weighted by atomic mass is 16.5. The maximum absolute atomic E-state index is 12.4. The maximum Gasteiger partial charge on any atom is 0.287 e. The molecule has 0 saturated heterocycles. The predicted octanol–water partition coefficient (Wildman–Crippen LogP) is 3.57. The van der Waals surface area contributed by atoms with E-state index in [0.29, 0.717) is 36.6 Å². The fraction of sp³-hybridized carbons (Fsp3) is 0.217. The molecule has 1 aromatic heterocycles. The first-order chi connectivity index (χ1) is 14.6. The maximum atomic E-state index is 12.4. The Hall–Kier alpha value is -3.58. The summed E-state index contributed by atoms with van der Waals surface area (Å²) < 4.78 is 11.1. The second-order valence-corrected chi connectivity index (χ2v) is 6.67. The van der Waals surface area contributed by atoms with Gasteiger partial charge in [0, 0.05) is 24.0 Å². The first kappa shape index (κ1) is 21.1. The fourth-order valence-electron chi connectivity index (χ4n) is 2.76. The molecule has 30 heavy (non-hydrogen) atoms. The second-order valence-electron chi connectivity index (χ2n) is 6.67. The average molecular weight is 407 g/mol. The van der Waals surface area contributed by atoms with E-state index in [9.17, 15) is 9.59 Å². The highest BCUT2D eigenvalue weighted by Crippen LogP contribution is 2.24. The number of hydrazine groups is 1. The molecule has 2 amide bonds. The molecule has 0 fully saturated rings. The number of benzene rings is 2. The molecule has 7 nitrogen and oxygen atoms in total. The van der Waals surface area contributed by atoms with Crippen LogP contribution in [0.4, 0.5) is 0 Å². The van der Waals surface area contributed by atoms with E-state index in [1.807, 2.05) is 13.0 Å². The van der Waals surface area contributed by atoms with E-state index in [0.717, 1.165) is 17.4 Å². The first-order valence-corrected chi connectivity index (χ1v) is 9.78. The van der Waals surface area contributed by atoms with Gasteiger partial charge in [-0.1, -0.05) is 31.7 Å². The summed E-state index contributed by atoms with van der Waals surface area (Å²) in [7, 11) is 0. The zero-order chi connectivity index (χ0) is 21.3. The molecule has 3 rings (SSSR count). The van der Waals surface area contributed by atoms with Gasteiger partial charge in [-0.25, -0.2) is 5.43 Å². The van der Waals surface area contributed by atoms with Crippen molar-refractivity contribution >= 4 is 22.8 Å². The van der Waals surface area contributed by atoms with Crippen LogP contribution in [0.1, 0.15) is 39.8 Å². The zero-order valence-electron chi connectivity index (χ0n) is 16.9. The van der Waals surface area contributed by atoms with Crippen LogP contribution in [0.2, 0.25) is 0 Å². The van der Waals surface area contributed by atoms with Gasteiger partial charge in [0.1, 0.15) is 17.9 Å². The van der Waals surface area contributed by atoms with Gasteiger partial charge in [0.25, 0.3) is 11.8 Å². The van der Waals surface area contributed by atoms with Crippen molar-refractivity contribution < 1.29 is 18.7 Å². The Morgan fingerprint density at radius 2 is 1.90 bits per heavy atom. The van der Waals surface area contributed by atoms with Crippen LogP contribution >= 0.6 is 0 Å². The van der Waals surface area contributed by atoms with Gasteiger partial charge in [0.2, 0.25) is 0 Å². The molecule has 0 saturated carbocycles. The van der Waals surface area contributed by atoms with Crippen molar-refractivity contribution in [1.82, 2.24) is 16.2 Å². The Kier molecular flexibility index (Phi) is 7.24. The van der Waals surface area contributed by atoms with Gasteiger partial charge in [-0.2, -0.15) is 0 Å². The molecule has 3 aromatic rings. The SMILES string of the molecule is C=CCOc1ccc2oc(C(=O)NCc3ccc(C(=O)NNCCC)cc3)cc2c1. The lowest BCUT2D eigenvalue weighted by Crippen LogP contribution is -2.37. The quantitative estimate of drug-likeness (QED) is 0.271. The number of nitrogens with one attached hydrogen (secondary N) is 3. The van der Waals surface area contributed by atoms with Gasteiger partial charge in [-0.15, -0.1) is 0 Å². The number of ether oxygens (including phenoxy) is 1. The van der Waals surface area contributed by atoms with Crippen molar-refractivity contribution in [2.24, 2.45) is 0 Å². The highest BCUT2D eigenvalue weighted by Gasteiger charge is 2.13. The molecular weight excluding hydrogens is 382 g/mol. The van der Waals surface area contributed by atoms with E-state index in [-0.39, 0.29) is 17.6 Å². The van der Waals surface area contributed by atoms with E-state index >= 15 is 0 Å². The standard InChI is InChI=1S/C23H25N3O4/c1-3-11-25-26-22(27)17-7-5-16(6-8-17)15-24-23(28)21-14-18-13-19(29-12-4-2)9-10-20(18)30-21/h4-10,13-14,25H,2-3,11-12,15H2,1H3,(H,24,28)(H,26,27). The third kappa shape index (κ3) is 5.48. The Labute approximate surface area is 175 Å². The molecule has 0 atom stereocenters. The molecular formula is C23H25N3O4. The molecule has 0 aliphatic heterocycles. The van der Waals surface area contributed by atoms with Crippen molar-refractivity contribution in [3.63, 3.8) is 0 Å². The first-order valence-electron chi connectivity index (χ1n) is 9.78. The van der Waals surface area contributed by atoms with Crippen molar-refractivity contribution in [3.05, 3.63) is 78.1 Å². The minimum Gasteiger partial charge on any atom is -0.490 e. The van der Waals surface area contributed by atoms with Gasteiger partial charge in [0.05, 0.1) is 0 Å².